The van der Waals surface area contributed by atoms with Crippen molar-refractivity contribution in [2.75, 3.05) is 12.4 Å². The number of allylic oxidation sites excluding steroid dienone is 2. The Bertz CT molecular complexity index is 842. The average Bonchev–Trinajstić information content (AvgIpc) is 3.43. The lowest BCUT2D eigenvalue weighted by Gasteiger charge is -2.26. The number of rotatable bonds is 6. The largest absolute Gasteiger partial charge is 0.497 e. The summed E-state index contributed by atoms with van der Waals surface area (Å²) in [6, 6.07) is 10.8. The molecular weight excluding hydrogens is 344 g/mol. The second-order valence-corrected chi connectivity index (χ2v) is 7.01. The van der Waals surface area contributed by atoms with Crippen LogP contribution < -0.4 is 15.4 Å². The van der Waals surface area contributed by atoms with Crippen molar-refractivity contribution in [3.05, 3.63) is 60.6 Å². The number of benzene rings is 1. The van der Waals surface area contributed by atoms with Crippen LogP contribution in [-0.4, -0.2) is 18.9 Å². The highest BCUT2D eigenvalue weighted by atomic mass is 16.5. The van der Waals surface area contributed by atoms with Crippen molar-refractivity contribution in [2.24, 2.45) is 23.7 Å². The van der Waals surface area contributed by atoms with Crippen molar-refractivity contribution in [2.45, 2.75) is 13.0 Å². The summed E-state index contributed by atoms with van der Waals surface area (Å²) in [4.78, 5) is 25.7. The highest BCUT2D eigenvalue weighted by molar-refractivity contribution is 5.97. The molecule has 1 saturated carbocycles. The first-order valence-corrected chi connectivity index (χ1v) is 9.09. The Morgan fingerprint density at radius 3 is 2.41 bits per heavy atom. The molecule has 2 aromatic rings. The van der Waals surface area contributed by atoms with Crippen LogP contribution in [0.1, 0.15) is 12.2 Å². The topological polar surface area (TPSA) is 80.6 Å². The van der Waals surface area contributed by atoms with Gasteiger partial charge in [0, 0.05) is 5.69 Å². The molecular formula is C21H22N2O4. The third-order valence-corrected chi connectivity index (χ3v) is 5.44. The van der Waals surface area contributed by atoms with Crippen molar-refractivity contribution in [3.8, 4) is 5.75 Å². The van der Waals surface area contributed by atoms with E-state index in [0.717, 1.165) is 12.2 Å². The van der Waals surface area contributed by atoms with Gasteiger partial charge >= 0.3 is 0 Å². The Morgan fingerprint density at radius 1 is 1.07 bits per heavy atom. The van der Waals surface area contributed by atoms with Crippen LogP contribution >= 0.6 is 0 Å². The predicted molar refractivity (Wildman–Crippen MR) is 99.9 cm³/mol. The van der Waals surface area contributed by atoms with E-state index < -0.39 is 0 Å². The maximum atomic E-state index is 12.9. The lowest BCUT2D eigenvalue weighted by Crippen LogP contribution is -2.41. The molecule has 4 rings (SSSR count). The van der Waals surface area contributed by atoms with Crippen molar-refractivity contribution in [1.82, 2.24) is 5.32 Å². The molecule has 2 bridgehead atoms. The van der Waals surface area contributed by atoms with Crippen LogP contribution in [0.15, 0.2) is 59.2 Å². The molecule has 0 spiro atoms. The smallest absolute Gasteiger partial charge is 0.228 e. The van der Waals surface area contributed by atoms with E-state index in [2.05, 4.69) is 22.8 Å². The van der Waals surface area contributed by atoms with Crippen LogP contribution in [0, 0.1) is 23.7 Å². The van der Waals surface area contributed by atoms with Gasteiger partial charge in [-0.05, 0) is 54.7 Å². The molecule has 27 heavy (non-hydrogen) atoms. The number of hydrogen-bond acceptors (Lipinski definition) is 4. The summed E-state index contributed by atoms with van der Waals surface area (Å²) in [5.41, 5.74) is 0.697. The van der Waals surface area contributed by atoms with Gasteiger partial charge in [-0.3, -0.25) is 9.59 Å². The molecule has 2 amide bonds. The van der Waals surface area contributed by atoms with Crippen LogP contribution in [0.25, 0.3) is 0 Å². The number of nitrogens with one attached hydrogen (secondary N) is 2. The SMILES string of the molecule is COc1ccc(NC(=O)[C@H]2[C@@H](C(=O)NCc3ccco3)[C@@H]3C=C[C@@H]2C3)cc1. The van der Waals surface area contributed by atoms with Gasteiger partial charge in [-0.25, -0.2) is 0 Å². The molecule has 2 N–H and O–H groups in total. The third kappa shape index (κ3) is 3.47. The zero-order valence-electron chi connectivity index (χ0n) is 15.1. The number of carbonyl (C=O) groups excluding carboxylic acids is 2. The molecule has 0 radical (unpaired) electrons. The van der Waals surface area contributed by atoms with Crippen LogP contribution in [0.4, 0.5) is 5.69 Å². The fourth-order valence-corrected chi connectivity index (χ4v) is 4.14. The summed E-state index contributed by atoms with van der Waals surface area (Å²) in [7, 11) is 1.60. The number of methoxy groups -OCH3 is 1. The highest BCUT2D eigenvalue weighted by Crippen LogP contribution is 2.48. The van der Waals surface area contributed by atoms with E-state index in [-0.39, 0.29) is 35.5 Å². The molecule has 1 fully saturated rings. The molecule has 1 aromatic carbocycles. The molecule has 0 saturated heterocycles. The maximum absolute atomic E-state index is 12.9. The summed E-state index contributed by atoms with van der Waals surface area (Å²) in [5.74, 6) is 0.707. The molecule has 0 aliphatic heterocycles. The number of anilines is 1. The molecule has 4 atom stereocenters. The fraction of sp³-hybridized carbons (Fsp3) is 0.333. The summed E-state index contributed by atoms with van der Waals surface area (Å²) in [6.07, 6.45) is 6.56. The Kier molecular flexibility index (Phi) is 4.71. The minimum Gasteiger partial charge on any atom is -0.497 e. The quantitative estimate of drug-likeness (QED) is 0.770. The zero-order chi connectivity index (χ0) is 18.8. The van der Waals surface area contributed by atoms with Crippen molar-refractivity contribution in [1.29, 1.82) is 0 Å². The maximum Gasteiger partial charge on any atom is 0.228 e. The van der Waals surface area contributed by atoms with E-state index in [4.69, 9.17) is 9.15 Å². The van der Waals surface area contributed by atoms with Crippen LogP contribution in [0.2, 0.25) is 0 Å². The summed E-state index contributed by atoms with van der Waals surface area (Å²) < 4.78 is 10.4. The Balaban J connectivity index is 1.45. The summed E-state index contributed by atoms with van der Waals surface area (Å²) >= 11 is 0. The molecule has 6 heteroatoms. The number of fused-ring (bicyclic) bond motifs is 2. The highest BCUT2D eigenvalue weighted by Gasteiger charge is 2.51. The molecule has 6 nitrogen and oxygen atoms in total. The van der Waals surface area contributed by atoms with E-state index >= 15 is 0 Å². The second-order valence-electron chi connectivity index (χ2n) is 7.01. The first-order chi connectivity index (χ1) is 13.2. The molecule has 140 valence electrons. The predicted octanol–water partition coefficient (Wildman–Crippen LogP) is 2.98. The van der Waals surface area contributed by atoms with Gasteiger partial charge in [0.25, 0.3) is 0 Å². The molecule has 1 heterocycles. The molecule has 0 unspecified atom stereocenters. The second kappa shape index (κ2) is 7.31. The Hall–Kier alpha value is -3.02. The molecule has 2 aliphatic rings. The molecule has 1 aromatic heterocycles. The zero-order valence-corrected chi connectivity index (χ0v) is 15.1. The Morgan fingerprint density at radius 2 is 1.78 bits per heavy atom. The van der Waals surface area contributed by atoms with Gasteiger partial charge in [0.15, 0.2) is 0 Å². The van der Waals surface area contributed by atoms with Crippen molar-refractivity contribution < 1.29 is 18.7 Å². The van der Waals surface area contributed by atoms with Gasteiger partial charge < -0.3 is 19.8 Å². The number of hydrogen-bond donors (Lipinski definition) is 2. The normalized spacial score (nSPS) is 25.4. The number of furan rings is 1. The van der Waals surface area contributed by atoms with E-state index in [1.165, 1.54) is 0 Å². The van der Waals surface area contributed by atoms with Gasteiger partial charge in [0.05, 0.1) is 31.8 Å². The van der Waals surface area contributed by atoms with Crippen molar-refractivity contribution >= 4 is 17.5 Å². The van der Waals surface area contributed by atoms with E-state index in [9.17, 15) is 9.59 Å². The third-order valence-electron chi connectivity index (χ3n) is 5.44. The van der Waals surface area contributed by atoms with E-state index in [1.54, 1.807) is 43.7 Å². The lowest BCUT2D eigenvalue weighted by atomic mass is 9.81. The monoisotopic (exact) mass is 366 g/mol. The number of ether oxygens (including phenoxy) is 1. The minimum absolute atomic E-state index is 0.0990. The van der Waals surface area contributed by atoms with E-state index in [0.29, 0.717) is 18.0 Å². The first kappa shape index (κ1) is 17.4. The van der Waals surface area contributed by atoms with Gasteiger partial charge in [-0.2, -0.15) is 0 Å². The summed E-state index contributed by atoms with van der Waals surface area (Å²) in [6.45, 7) is 0.330. The van der Waals surface area contributed by atoms with Gasteiger partial charge in [0.2, 0.25) is 11.8 Å². The van der Waals surface area contributed by atoms with Crippen LogP contribution in [0.5, 0.6) is 5.75 Å². The fourth-order valence-electron chi connectivity index (χ4n) is 4.14. The standard InChI is InChI=1S/C21H22N2O4/c1-26-16-8-6-15(7-9-16)23-21(25)19-14-5-4-13(11-14)18(19)20(24)22-12-17-3-2-10-27-17/h2-10,13-14,18-19H,11-12H2,1H3,(H,22,24)(H,23,25)/t13-,14-,18+,19-/m1/s1. The van der Waals surface area contributed by atoms with Gasteiger partial charge in [-0.1, -0.05) is 12.2 Å². The minimum atomic E-state index is -0.362. The first-order valence-electron chi connectivity index (χ1n) is 9.09. The lowest BCUT2D eigenvalue weighted by molar-refractivity contribution is -0.133. The van der Waals surface area contributed by atoms with Crippen LogP contribution in [0.3, 0.4) is 0 Å². The Labute approximate surface area is 157 Å². The van der Waals surface area contributed by atoms with E-state index in [1.807, 2.05) is 6.07 Å². The summed E-state index contributed by atoms with van der Waals surface area (Å²) in [5, 5.41) is 5.86. The molecule has 2 aliphatic carbocycles. The van der Waals surface area contributed by atoms with Gasteiger partial charge in [0.1, 0.15) is 11.5 Å². The van der Waals surface area contributed by atoms with Gasteiger partial charge in [-0.15, -0.1) is 0 Å². The number of carbonyl (C=O) groups is 2. The van der Waals surface area contributed by atoms with Crippen molar-refractivity contribution in [3.63, 3.8) is 0 Å². The van der Waals surface area contributed by atoms with Crippen LogP contribution in [-0.2, 0) is 16.1 Å². The number of amides is 2. The average molecular weight is 366 g/mol.